The Hall–Kier alpha value is -0.580. The van der Waals surface area contributed by atoms with Crippen molar-refractivity contribution < 1.29 is 0 Å². The summed E-state index contributed by atoms with van der Waals surface area (Å²) in [6.45, 7) is 4.21. The molecular weight excluding hydrogens is 242 g/mol. The van der Waals surface area contributed by atoms with E-state index in [1.54, 1.807) is 0 Å². The summed E-state index contributed by atoms with van der Waals surface area (Å²) in [6.07, 6.45) is 4.69. The summed E-state index contributed by atoms with van der Waals surface area (Å²) in [7, 11) is 4.21. The maximum Gasteiger partial charge on any atom is 0.0989 e. The third kappa shape index (κ3) is 4.59. The Morgan fingerprint density at radius 1 is 1.44 bits per heavy atom. The first kappa shape index (κ1) is 13.8. The van der Waals surface area contributed by atoms with Gasteiger partial charge in [-0.1, -0.05) is 6.07 Å². The molecule has 1 aromatic rings. The fraction of sp³-hybridized carbons (Fsp3) is 0.643. The third-order valence-electron chi connectivity index (χ3n) is 3.04. The van der Waals surface area contributed by atoms with Crippen LogP contribution in [0.15, 0.2) is 17.3 Å². The Morgan fingerprint density at radius 3 is 2.83 bits per heavy atom. The van der Waals surface area contributed by atoms with Gasteiger partial charge in [-0.05, 0) is 45.0 Å². The Balaban J connectivity index is 1.83. The lowest BCUT2D eigenvalue weighted by Gasteiger charge is -2.10. The first-order valence-corrected chi connectivity index (χ1v) is 7.60. The van der Waals surface area contributed by atoms with Crippen LogP contribution in [0.3, 0.4) is 0 Å². The highest BCUT2D eigenvalue weighted by Gasteiger charge is 2.20. The first-order valence-electron chi connectivity index (χ1n) is 6.61. The molecule has 0 spiro atoms. The summed E-state index contributed by atoms with van der Waals surface area (Å²) >= 11 is 1.85. The normalized spacial score (nSPS) is 15.3. The molecule has 3 nitrogen and oxygen atoms in total. The van der Waals surface area contributed by atoms with Crippen molar-refractivity contribution in [3.05, 3.63) is 23.4 Å². The molecule has 1 N–H and O–H groups in total. The molecule has 2 rings (SSSR count). The summed E-state index contributed by atoms with van der Waals surface area (Å²) in [6, 6.07) is 3.03. The van der Waals surface area contributed by atoms with Crippen LogP contribution >= 0.6 is 11.8 Å². The highest BCUT2D eigenvalue weighted by molar-refractivity contribution is 7.99. The lowest BCUT2D eigenvalue weighted by atomic mass is 10.2. The maximum atomic E-state index is 4.58. The minimum absolute atomic E-state index is 0.763. The second kappa shape index (κ2) is 6.55. The van der Waals surface area contributed by atoms with Gasteiger partial charge in [-0.15, -0.1) is 11.8 Å². The summed E-state index contributed by atoms with van der Waals surface area (Å²) in [5.41, 5.74) is 2.60. The molecule has 1 aliphatic rings. The van der Waals surface area contributed by atoms with Gasteiger partial charge in [0.05, 0.1) is 5.03 Å². The fourth-order valence-corrected chi connectivity index (χ4v) is 2.81. The Labute approximate surface area is 114 Å². The van der Waals surface area contributed by atoms with Crippen molar-refractivity contribution >= 4 is 11.8 Å². The molecule has 1 heterocycles. The molecule has 0 atom stereocenters. The summed E-state index contributed by atoms with van der Waals surface area (Å²) < 4.78 is 0. The van der Waals surface area contributed by atoms with Crippen LogP contribution in [0.5, 0.6) is 0 Å². The molecule has 0 unspecified atom stereocenters. The van der Waals surface area contributed by atoms with E-state index in [1.807, 2.05) is 18.0 Å². The van der Waals surface area contributed by atoms with Crippen LogP contribution in [-0.4, -0.2) is 42.3 Å². The summed E-state index contributed by atoms with van der Waals surface area (Å²) in [4.78, 5) is 6.78. The zero-order valence-corrected chi connectivity index (χ0v) is 12.4. The van der Waals surface area contributed by atoms with Crippen molar-refractivity contribution in [2.75, 3.05) is 26.4 Å². The maximum absolute atomic E-state index is 4.58. The van der Waals surface area contributed by atoms with Gasteiger partial charge in [0.25, 0.3) is 0 Å². The van der Waals surface area contributed by atoms with E-state index in [4.69, 9.17) is 0 Å². The minimum Gasteiger partial charge on any atom is -0.310 e. The number of nitrogens with one attached hydrogen (secondary N) is 1. The molecule has 1 fully saturated rings. The third-order valence-corrected chi connectivity index (χ3v) is 4.12. The molecular formula is C14H23N3S. The molecule has 1 aromatic heterocycles. The van der Waals surface area contributed by atoms with Crippen LogP contribution in [-0.2, 0) is 6.54 Å². The van der Waals surface area contributed by atoms with Gasteiger partial charge in [0.2, 0.25) is 0 Å². The van der Waals surface area contributed by atoms with E-state index >= 15 is 0 Å². The van der Waals surface area contributed by atoms with E-state index in [2.05, 4.69) is 42.3 Å². The second-order valence-electron chi connectivity index (χ2n) is 5.27. The van der Waals surface area contributed by atoms with E-state index in [9.17, 15) is 0 Å². The number of nitrogens with zero attached hydrogens (tertiary/aromatic N) is 2. The quantitative estimate of drug-likeness (QED) is 0.766. The van der Waals surface area contributed by atoms with Crippen LogP contribution < -0.4 is 5.32 Å². The lowest BCUT2D eigenvalue weighted by molar-refractivity contribution is 0.437. The van der Waals surface area contributed by atoms with Gasteiger partial charge in [0.15, 0.2) is 0 Å². The predicted molar refractivity (Wildman–Crippen MR) is 78.1 cm³/mol. The van der Waals surface area contributed by atoms with Crippen molar-refractivity contribution in [1.29, 1.82) is 0 Å². The standard InChI is InChI=1S/C14H23N3S/c1-11-8-12(9-15-13-4-5-13)10-16-14(11)18-7-6-17(2)3/h8,10,13,15H,4-7,9H2,1-3H3. The highest BCUT2D eigenvalue weighted by Crippen LogP contribution is 2.22. The Bertz CT molecular complexity index is 389. The number of thioether (sulfide) groups is 1. The van der Waals surface area contributed by atoms with Crippen molar-refractivity contribution in [3.63, 3.8) is 0 Å². The number of hydrogen-bond donors (Lipinski definition) is 1. The average Bonchev–Trinajstić information content (AvgIpc) is 3.12. The molecule has 4 heteroatoms. The number of pyridine rings is 1. The molecule has 0 bridgehead atoms. The van der Waals surface area contributed by atoms with Gasteiger partial charge in [0, 0.05) is 31.1 Å². The smallest absolute Gasteiger partial charge is 0.0989 e. The van der Waals surface area contributed by atoms with E-state index in [-0.39, 0.29) is 0 Å². The van der Waals surface area contributed by atoms with Crippen LogP contribution in [0, 0.1) is 6.92 Å². The lowest BCUT2D eigenvalue weighted by Crippen LogP contribution is -2.16. The SMILES string of the molecule is Cc1cc(CNC2CC2)cnc1SCCN(C)C. The van der Waals surface area contributed by atoms with Crippen LogP contribution in [0.1, 0.15) is 24.0 Å². The van der Waals surface area contributed by atoms with E-state index in [1.165, 1.54) is 29.0 Å². The van der Waals surface area contributed by atoms with Crippen LogP contribution in [0.4, 0.5) is 0 Å². The van der Waals surface area contributed by atoms with Crippen molar-refractivity contribution in [3.8, 4) is 0 Å². The second-order valence-corrected chi connectivity index (χ2v) is 6.36. The van der Waals surface area contributed by atoms with Gasteiger partial charge < -0.3 is 10.2 Å². The zero-order valence-electron chi connectivity index (χ0n) is 11.6. The van der Waals surface area contributed by atoms with Gasteiger partial charge in [-0.3, -0.25) is 0 Å². The molecule has 18 heavy (non-hydrogen) atoms. The van der Waals surface area contributed by atoms with Crippen molar-refractivity contribution in [2.45, 2.75) is 37.4 Å². The summed E-state index contributed by atoms with van der Waals surface area (Å²) in [5.74, 6) is 1.10. The van der Waals surface area contributed by atoms with Crippen molar-refractivity contribution in [1.82, 2.24) is 15.2 Å². The van der Waals surface area contributed by atoms with Crippen LogP contribution in [0.2, 0.25) is 0 Å². The molecule has 0 saturated heterocycles. The van der Waals surface area contributed by atoms with Gasteiger partial charge >= 0.3 is 0 Å². The van der Waals surface area contributed by atoms with E-state index in [0.717, 1.165) is 24.9 Å². The van der Waals surface area contributed by atoms with Gasteiger partial charge in [-0.2, -0.15) is 0 Å². The Morgan fingerprint density at radius 2 is 2.22 bits per heavy atom. The predicted octanol–water partition coefficient (Wildman–Crippen LogP) is 2.30. The molecule has 0 radical (unpaired) electrons. The summed E-state index contributed by atoms with van der Waals surface area (Å²) in [5, 5.41) is 4.70. The molecule has 1 aliphatic carbocycles. The number of hydrogen-bond acceptors (Lipinski definition) is 4. The van der Waals surface area contributed by atoms with Gasteiger partial charge in [0.1, 0.15) is 0 Å². The number of aryl methyl sites for hydroxylation is 1. The minimum atomic E-state index is 0.763. The number of rotatable bonds is 7. The monoisotopic (exact) mass is 265 g/mol. The Kier molecular flexibility index (Phi) is 5.03. The van der Waals surface area contributed by atoms with Crippen LogP contribution in [0.25, 0.3) is 0 Å². The molecule has 0 amide bonds. The average molecular weight is 265 g/mol. The molecule has 0 aliphatic heterocycles. The topological polar surface area (TPSA) is 28.2 Å². The van der Waals surface area contributed by atoms with Crippen molar-refractivity contribution in [2.24, 2.45) is 0 Å². The van der Waals surface area contributed by atoms with E-state index < -0.39 is 0 Å². The highest BCUT2D eigenvalue weighted by atomic mass is 32.2. The van der Waals surface area contributed by atoms with Gasteiger partial charge in [-0.25, -0.2) is 4.98 Å². The first-order chi connectivity index (χ1) is 8.65. The molecule has 0 aromatic carbocycles. The molecule has 1 saturated carbocycles. The fourth-order valence-electron chi connectivity index (χ4n) is 1.74. The van der Waals surface area contributed by atoms with E-state index in [0.29, 0.717) is 0 Å². The number of aromatic nitrogens is 1. The molecule has 100 valence electrons. The largest absolute Gasteiger partial charge is 0.310 e. The zero-order chi connectivity index (χ0) is 13.0.